The molecule has 4 rings (SSSR count). The van der Waals surface area contributed by atoms with Gasteiger partial charge in [-0.2, -0.15) is 0 Å². The van der Waals surface area contributed by atoms with Crippen LogP contribution in [0.2, 0.25) is 0 Å². The van der Waals surface area contributed by atoms with Gasteiger partial charge in [0, 0.05) is 18.4 Å². The maximum Gasteiger partial charge on any atom is 0.286 e. The smallest absolute Gasteiger partial charge is 0.286 e. The van der Waals surface area contributed by atoms with E-state index in [1.807, 2.05) is 30.3 Å². The molecule has 2 N–H and O–H groups in total. The Morgan fingerprint density at radius 2 is 1.74 bits per heavy atom. The van der Waals surface area contributed by atoms with Gasteiger partial charge in [0.05, 0.1) is 13.2 Å². The van der Waals surface area contributed by atoms with Crippen LogP contribution in [0.4, 0.5) is 4.39 Å². The summed E-state index contributed by atoms with van der Waals surface area (Å²) in [5.41, 5.74) is 2.70. The van der Waals surface area contributed by atoms with Crippen LogP contribution in [0.15, 0.2) is 60.4 Å². The molecule has 164 valence electrons. The zero-order chi connectivity index (χ0) is 21.6. The van der Waals surface area contributed by atoms with Crippen LogP contribution < -0.4 is 5.32 Å². The number of aliphatic hydroxyl groups is 1. The topological polar surface area (TPSA) is 67.8 Å². The predicted octanol–water partition coefficient (Wildman–Crippen LogP) is 4.31. The molecule has 2 aromatic rings. The van der Waals surface area contributed by atoms with Crippen molar-refractivity contribution in [3.8, 4) is 0 Å². The van der Waals surface area contributed by atoms with E-state index < -0.39 is 6.29 Å². The predicted molar refractivity (Wildman–Crippen MR) is 114 cm³/mol. The quantitative estimate of drug-likeness (QED) is 0.694. The number of hydrogen-bond donors (Lipinski definition) is 2. The molecule has 6 heteroatoms. The van der Waals surface area contributed by atoms with Crippen molar-refractivity contribution >= 4 is 5.91 Å². The van der Waals surface area contributed by atoms with Crippen molar-refractivity contribution in [3.05, 3.63) is 82.9 Å². The van der Waals surface area contributed by atoms with E-state index in [1.165, 1.54) is 12.1 Å². The first-order valence-electron chi connectivity index (χ1n) is 10.9. The average molecular weight is 426 g/mol. The van der Waals surface area contributed by atoms with E-state index in [0.29, 0.717) is 13.0 Å². The molecule has 1 saturated carbocycles. The molecule has 1 amide bonds. The summed E-state index contributed by atoms with van der Waals surface area (Å²) in [4.78, 5) is 12.8. The fourth-order valence-corrected chi connectivity index (χ4v) is 4.12. The zero-order valence-electron chi connectivity index (χ0n) is 17.4. The second kappa shape index (κ2) is 10.1. The molecule has 31 heavy (non-hydrogen) atoms. The molecule has 1 fully saturated rings. The highest BCUT2D eigenvalue weighted by molar-refractivity contribution is 5.92. The van der Waals surface area contributed by atoms with Crippen LogP contribution in [0.1, 0.15) is 54.7 Å². The van der Waals surface area contributed by atoms with E-state index in [4.69, 9.17) is 9.47 Å². The van der Waals surface area contributed by atoms with Gasteiger partial charge in [0.25, 0.3) is 5.91 Å². The maximum absolute atomic E-state index is 13.4. The van der Waals surface area contributed by atoms with E-state index in [2.05, 4.69) is 5.32 Å². The van der Waals surface area contributed by atoms with E-state index >= 15 is 0 Å². The monoisotopic (exact) mass is 425 g/mol. The third kappa shape index (κ3) is 5.71. The molecular weight excluding hydrogens is 397 g/mol. The van der Waals surface area contributed by atoms with Gasteiger partial charge < -0.3 is 19.9 Å². The van der Waals surface area contributed by atoms with Crippen molar-refractivity contribution in [2.24, 2.45) is 0 Å². The first kappa shape index (κ1) is 21.5. The molecule has 1 heterocycles. The molecule has 0 radical (unpaired) electrons. The zero-order valence-corrected chi connectivity index (χ0v) is 17.4. The van der Waals surface area contributed by atoms with Crippen molar-refractivity contribution in [2.45, 2.75) is 63.6 Å². The van der Waals surface area contributed by atoms with Gasteiger partial charge in [-0.3, -0.25) is 4.79 Å². The summed E-state index contributed by atoms with van der Waals surface area (Å²) < 4.78 is 25.3. The molecule has 2 aromatic carbocycles. The number of carbonyl (C=O) groups is 1. The summed E-state index contributed by atoms with van der Waals surface area (Å²) >= 11 is 0. The molecule has 0 aromatic heterocycles. The lowest BCUT2D eigenvalue weighted by Crippen LogP contribution is -2.37. The Labute approximate surface area is 181 Å². The van der Waals surface area contributed by atoms with Crippen LogP contribution in [0.3, 0.4) is 0 Å². The van der Waals surface area contributed by atoms with Crippen molar-refractivity contribution in [3.63, 3.8) is 0 Å². The molecule has 1 aliphatic carbocycles. The molecule has 1 aliphatic heterocycles. The number of rotatable bonds is 7. The number of allylic oxidation sites excluding steroid dienone is 1. The van der Waals surface area contributed by atoms with Gasteiger partial charge in [0.15, 0.2) is 5.76 Å². The van der Waals surface area contributed by atoms with Gasteiger partial charge in [-0.1, -0.05) is 49.2 Å². The third-order valence-corrected chi connectivity index (χ3v) is 5.91. The van der Waals surface area contributed by atoms with E-state index in [9.17, 15) is 14.3 Å². The van der Waals surface area contributed by atoms with Gasteiger partial charge >= 0.3 is 0 Å². The first-order chi connectivity index (χ1) is 15.1. The minimum Gasteiger partial charge on any atom is -0.459 e. The summed E-state index contributed by atoms with van der Waals surface area (Å²) in [7, 11) is 0. The van der Waals surface area contributed by atoms with Gasteiger partial charge in [0.2, 0.25) is 6.29 Å². The summed E-state index contributed by atoms with van der Waals surface area (Å²) in [5.74, 6) is -0.369. The Morgan fingerprint density at radius 3 is 2.42 bits per heavy atom. The molecule has 0 bridgehead atoms. The first-order valence-corrected chi connectivity index (χ1v) is 10.9. The van der Waals surface area contributed by atoms with Crippen LogP contribution >= 0.6 is 0 Å². The number of nitrogens with one attached hydrogen (secondary N) is 1. The number of hydrogen-bond acceptors (Lipinski definition) is 4. The highest BCUT2D eigenvalue weighted by atomic mass is 19.1. The lowest BCUT2D eigenvalue weighted by molar-refractivity contribution is -0.150. The number of benzene rings is 2. The van der Waals surface area contributed by atoms with E-state index in [-0.39, 0.29) is 36.1 Å². The van der Waals surface area contributed by atoms with Crippen LogP contribution in [-0.4, -0.2) is 23.3 Å². The van der Waals surface area contributed by atoms with Crippen LogP contribution in [0.5, 0.6) is 0 Å². The summed E-state index contributed by atoms with van der Waals surface area (Å²) in [6.45, 7) is 0.320. The van der Waals surface area contributed by atoms with Gasteiger partial charge in [-0.25, -0.2) is 4.39 Å². The number of carbonyl (C=O) groups excluding carboxylic acids is 1. The SMILES string of the molecule is O=C(NC1CCCC1)C1=C[C@@H](c2ccc(F)cc2)C[C@@H](OCc2ccc(CO)cc2)O1. The van der Waals surface area contributed by atoms with Gasteiger partial charge in [-0.05, 0) is 47.7 Å². The van der Waals surface area contributed by atoms with E-state index in [1.54, 1.807) is 12.1 Å². The molecule has 0 saturated heterocycles. The lowest BCUT2D eigenvalue weighted by atomic mass is 9.93. The molecule has 0 unspecified atom stereocenters. The van der Waals surface area contributed by atoms with Crippen LogP contribution in [0.25, 0.3) is 0 Å². The minimum atomic E-state index is -0.595. The maximum atomic E-state index is 13.4. The second-order valence-corrected chi connectivity index (χ2v) is 8.21. The lowest BCUT2D eigenvalue weighted by Gasteiger charge is -2.30. The van der Waals surface area contributed by atoms with Crippen molar-refractivity contribution < 1.29 is 23.8 Å². The Hall–Kier alpha value is -2.70. The Kier molecular flexibility index (Phi) is 6.99. The second-order valence-electron chi connectivity index (χ2n) is 8.21. The van der Waals surface area contributed by atoms with Crippen molar-refractivity contribution in [2.75, 3.05) is 0 Å². The summed E-state index contributed by atoms with van der Waals surface area (Å²) in [6.07, 6.45) is 5.98. The minimum absolute atomic E-state index is 0.00349. The molecule has 5 nitrogen and oxygen atoms in total. The normalized spacial score (nSPS) is 21.4. The fourth-order valence-electron chi connectivity index (χ4n) is 4.12. The number of aliphatic hydroxyl groups excluding tert-OH is 1. The van der Waals surface area contributed by atoms with Gasteiger partial charge in [0.1, 0.15) is 5.82 Å². The highest BCUT2D eigenvalue weighted by Crippen LogP contribution is 2.32. The Morgan fingerprint density at radius 1 is 1.06 bits per heavy atom. The number of halogens is 1. The molecular formula is C25H28FNO4. The van der Waals surface area contributed by atoms with Crippen molar-refractivity contribution in [1.82, 2.24) is 5.32 Å². The Balaban J connectivity index is 1.47. The average Bonchev–Trinajstić information content (AvgIpc) is 3.31. The Bertz CT molecular complexity index is 904. The van der Waals surface area contributed by atoms with Gasteiger partial charge in [-0.15, -0.1) is 0 Å². The number of ether oxygens (including phenoxy) is 2. The molecule has 0 spiro atoms. The van der Waals surface area contributed by atoms with E-state index in [0.717, 1.165) is 42.4 Å². The molecule has 2 aliphatic rings. The van der Waals surface area contributed by atoms with Crippen molar-refractivity contribution in [1.29, 1.82) is 0 Å². The molecule has 2 atom stereocenters. The number of amides is 1. The largest absolute Gasteiger partial charge is 0.459 e. The summed E-state index contributed by atoms with van der Waals surface area (Å²) in [6, 6.07) is 14.0. The van der Waals surface area contributed by atoms with Crippen LogP contribution in [-0.2, 0) is 27.5 Å². The fraction of sp³-hybridized carbons (Fsp3) is 0.400. The standard InChI is InChI=1S/C25H28FNO4/c26-21-11-9-19(10-12-21)20-13-23(25(29)27-22-3-1-2-4-22)31-24(14-20)30-16-18-7-5-17(15-28)6-8-18/h5-13,20,22,24,28H,1-4,14-16H2,(H,27,29)/t20-,24+/m1/s1. The summed E-state index contributed by atoms with van der Waals surface area (Å²) in [5, 5.41) is 12.2. The van der Waals surface area contributed by atoms with Crippen LogP contribution in [0, 0.1) is 5.82 Å². The third-order valence-electron chi connectivity index (χ3n) is 5.91. The highest BCUT2D eigenvalue weighted by Gasteiger charge is 2.30.